The lowest BCUT2D eigenvalue weighted by atomic mass is 10.5. The maximum atomic E-state index is 10.3. The van der Waals surface area contributed by atoms with Gasteiger partial charge in [-0.1, -0.05) is 0 Å². The summed E-state index contributed by atoms with van der Waals surface area (Å²) in [6, 6.07) is 0. The molecule has 18 heavy (non-hydrogen) atoms. The average molecular weight is 278 g/mol. The van der Waals surface area contributed by atoms with E-state index < -0.39 is 43.9 Å². The summed E-state index contributed by atoms with van der Waals surface area (Å²) in [5.74, 6) is -2.88. The van der Waals surface area contributed by atoms with Crippen LogP contribution in [0.3, 0.4) is 0 Å². The van der Waals surface area contributed by atoms with Crippen LogP contribution in [0.25, 0.3) is 0 Å². The standard InChI is InChI=1S/C4H4N6O4.C2H6OS/c5-1-3(9(11)12)8-4(10(13)14)2(6)7-1;1-4(2)3/h(H4,5,6,7);1-2H3. The lowest BCUT2D eigenvalue weighted by Gasteiger charge is -1.99. The fraction of sp³-hybridized carbons (Fsp3) is 0.333. The average Bonchev–Trinajstić information content (AvgIpc) is 2.14. The van der Waals surface area contributed by atoms with Gasteiger partial charge in [-0.2, -0.15) is 4.98 Å². The van der Waals surface area contributed by atoms with Crippen LogP contribution >= 0.6 is 0 Å². The Morgan fingerprint density at radius 3 is 1.50 bits per heavy atom. The van der Waals surface area contributed by atoms with Crippen LogP contribution in [0.1, 0.15) is 0 Å². The molecule has 0 radical (unpaired) electrons. The van der Waals surface area contributed by atoms with Crippen molar-refractivity contribution >= 4 is 34.1 Å². The highest BCUT2D eigenvalue weighted by Gasteiger charge is 2.24. The topological polar surface area (TPSA) is 181 Å². The molecule has 1 rings (SSSR count). The van der Waals surface area contributed by atoms with Crippen molar-refractivity contribution < 1.29 is 14.1 Å². The van der Waals surface area contributed by atoms with Gasteiger partial charge in [-0.05, 0) is 9.85 Å². The number of anilines is 2. The normalized spacial score (nSPS) is 9.50. The van der Waals surface area contributed by atoms with Crippen LogP contribution in [-0.2, 0) is 10.8 Å². The second-order valence-corrected chi connectivity index (χ2v) is 4.38. The van der Waals surface area contributed by atoms with Crippen molar-refractivity contribution in [3.05, 3.63) is 20.2 Å². The first-order chi connectivity index (χ1) is 8.16. The van der Waals surface area contributed by atoms with Gasteiger partial charge in [0.1, 0.15) is 0 Å². The number of nitrogens with two attached hydrogens (primary N) is 2. The van der Waals surface area contributed by atoms with E-state index in [1.807, 2.05) is 0 Å². The maximum Gasteiger partial charge on any atom is 0.411 e. The molecule has 0 aromatic carbocycles. The number of nitrogen functional groups attached to an aromatic ring is 2. The Hall–Kier alpha value is -2.37. The number of hydrogen-bond donors (Lipinski definition) is 2. The van der Waals surface area contributed by atoms with Crippen LogP contribution in [0.2, 0.25) is 0 Å². The minimum absolute atomic E-state index is 0.557. The molecule has 0 atom stereocenters. The smallest absolute Gasteiger partial charge is 0.377 e. The molecule has 0 aliphatic carbocycles. The molecule has 0 amide bonds. The Labute approximate surface area is 103 Å². The highest BCUT2D eigenvalue weighted by Crippen LogP contribution is 2.23. The molecule has 0 saturated heterocycles. The van der Waals surface area contributed by atoms with E-state index >= 15 is 0 Å². The first kappa shape index (κ1) is 15.6. The third-order valence-corrected chi connectivity index (χ3v) is 1.26. The Morgan fingerprint density at radius 2 is 1.28 bits per heavy atom. The van der Waals surface area contributed by atoms with E-state index in [0.29, 0.717) is 0 Å². The quantitative estimate of drug-likeness (QED) is 0.529. The van der Waals surface area contributed by atoms with Gasteiger partial charge in [0.25, 0.3) is 0 Å². The molecule has 0 bridgehead atoms. The molecule has 0 spiro atoms. The molecule has 0 fully saturated rings. The minimum atomic E-state index is -0.977. The van der Waals surface area contributed by atoms with Gasteiger partial charge in [0, 0.05) is 28.3 Å². The van der Waals surface area contributed by atoms with Gasteiger partial charge in [-0.15, -0.1) is 0 Å². The van der Waals surface area contributed by atoms with Gasteiger partial charge < -0.3 is 31.7 Å². The Morgan fingerprint density at radius 1 is 1.00 bits per heavy atom. The molecule has 12 heteroatoms. The largest absolute Gasteiger partial charge is 0.411 e. The Kier molecular flexibility index (Phi) is 5.55. The summed E-state index contributed by atoms with van der Waals surface area (Å²) in [5, 5.41) is 20.5. The summed E-state index contributed by atoms with van der Waals surface area (Å²) >= 11 is 0. The second-order valence-electron chi connectivity index (χ2n) is 2.90. The fourth-order valence-electron chi connectivity index (χ4n) is 0.713. The molecule has 100 valence electrons. The lowest BCUT2D eigenvalue weighted by molar-refractivity contribution is -0.402. The van der Waals surface area contributed by atoms with E-state index in [2.05, 4.69) is 9.97 Å². The van der Waals surface area contributed by atoms with Gasteiger partial charge in [0.2, 0.25) is 11.6 Å². The predicted octanol–water partition coefficient (Wildman–Crippen LogP) is -0.548. The van der Waals surface area contributed by atoms with E-state index in [1.54, 1.807) is 12.5 Å². The predicted molar refractivity (Wildman–Crippen MR) is 64.2 cm³/mol. The monoisotopic (exact) mass is 278 g/mol. The van der Waals surface area contributed by atoms with E-state index in [9.17, 15) is 24.4 Å². The van der Waals surface area contributed by atoms with Crippen molar-refractivity contribution in [1.82, 2.24) is 9.97 Å². The Bertz CT molecular complexity index is 466. The number of nitrogens with zero attached hydrogens (tertiary/aromatic N) is 4. The van der Waals surface area contributed by atoms with Gasteiger partial charge in [-0.25, -0.2) is 0 Å². The first-order valence-corrected chi connectivity index (χ1v) is 6.10. The summed E-state index contributed by atoms with van der Waals surface area (Å²) in [7, 11) is -0.611. The minimum Gasteiger partial charge on any atom is -0.377 e. The molecule has 0 aliphatic heterocycles. The fourth-order valence-corrected chi connectivity index (χ4v) is 0.713. The van der Waals surface area contributed by atoms with Crippen LogP contribution in [0.5, 0.6) is 0 Å². The highest BCUT2D eigenvalue weighted by atomic mass is 32.2. The van der Waals surface area contributed by atoms with Crippen molar-refractivity contribution in [1.29, 1.82) is 0 Å². The second kappa shape index (κ2) is 6.39. The molecule has 0 aliphatic rings. The zero-order valence-corrected chi connectivity index (χ0v) is 10.2. The van der Waals surface area contributed by atoms with Crippen molar-refractivity contribution in [2.45, 2.75) is 0 Å². The zero-order chi connectivity index (χ0) is 14.5. The SMILES string of the molecule is CS(C)=O.Nc1nc(N)c([N+](=O)[O-])nc1[N+](=O)[O-]. The molecule has 4 N–H and O–H groups in total. The van der Waals surface area contributed by atoms with E-state index in [-0.39, 0.29) is 0 Å². The van der Waals surface area contributed by atoms with Crippen molar-refractivity contribution in [3.63, 3.8) is 0 Å². The lowest BCUT2D eigenvalue weighted by Crippen LogP contribution is -2.08. The number of hydrogen-bond acceptors (Lipinski definition) is 9. The number of rotatable bonds is 2. The number of nitro groups is 2. The van der Waals surface area contributed by atoms with Gasteiger partial charge in [0.15, 0.2) is 0 Å². The van der Waals surface area contributed by atoms with Gasteiger partial charge >= 0.3 is 11.6 Å². The molecule has 11 nitrogen and oxygen atoms in total. The summed E-state index contributed by atoms with van der Waals surface area (Å²) < 4.78 is 9.56. The molecule has 0 saturated carbocycles. The zero-order valence-electron chi connectivity index (χ0n) is 9.39. The van der Waals surface area contributed by atoms with Gasteiger partial charge in [-0.3, -0.25) is 4.21 Å². The van der Waals surface area contributed by atoms with E-state index in [1.165, 1.54) is 0 Å². The highest BCUT2D eigenvalue weighted by molar-refractivity contribution is 7.83. The molecule has 1 aromatic heterocycles. The van der Waals surface area contributed by atoms with Crippen molar-refractivity contribution in [2.24, 2.45) is 0 Å². The van der Waals surface area contributed by atoms with Crippen LogP contribution < -0.4 is 11.5 Å². The third kappa shape index (κ3) is 4.65. The summed E-state index contributed by atoms with van der Waals surface area (Å²) in [5.41, 5.74) is 10.1. The van der Waals surface area contributed by atoms with Crippen LogP contribution in [0, 0.1) is 20.2 Å². The maximum absolute atomic E-state index is 10.3. The Balaban J connectivity index is 0.000000631. The van der Waals surface area contributed by atoms with Gasteiger partial charge in [0.05, 0.1) is 0 Å². The molecule has 1 aromatic rings. The van der Waals surface area contributed by atoms with E-state index in [0.717, 1.165) is 0 Å². The summed E-state index contributed by atoms with van der Waals surface area (Å²) in [4.78, 5) is 24.9. The molecular formula is C6H10N6O5S. The van der Waals surface area contributed by atoms with Crippen molar-refractivity contribution in [2.75, 3.05) is 24.0 Å². The summed E-state index contributed by atoms with van der Waals surface area (Å²) in [6.07, 6.45) is 3.28. The molecule has 0 unspecified atom stereocenters. The first-order valence-electron chi connectivity index (χ1n) is 4.13. The summed E-state index contributed by atoms with van der Waals surface area (Å²) in [6.45, 7) is 0. The molecular weight excluding hydrogens is 268 g/mol. The van der Waals surface area contributed by atoms with Crippen LogP contribution in [-0.4, -0.2) is 36.5 Å². The number of aromatic nitrogens is 2. The van der Waals surface area contributed by atoms with Crippen LogP contribution in [0.15, 0.2) is 0 Å². The van der Waals surface area contributed by atoms with E-state index in [4.69, 9.17) is 11.5 Å². The van der Waals surface area contributed by atoms with Crippen LogP contribution in [0.4, 0.5) is 23.3 Å². The third-order valence-electron chi connectivity index (χ3n) is 1.26. The van der Waals surface area contributed by atoms with Crippen molar-refractivity contribution in [3.8, 4) is 0 Å². The molecule has 1 heterocycles.